The monoisotopic (exact) mass is 739 g/mol. The number of nitrogens with zero attached hydrogens (tertiary/aromatic N) is 1. The first kappa shape index (κ1) is 33.6. The molecule has 0 spiro atoms. The summed E-state index contributed by atoms with van der Waals surface area (Å²) >= 11 is 0. The minimum Gasteiger partial charge on any atom is -0.456 e. The molecule has 10 aromatic carbocycles. The summed E-state index contributed by atoms with van der Waals surface area (Å²) in [4.78, 5) is 2.36. The van der Waals surface area contributed by atoms with Gasteiger partial charge in [-0.1, -0.05) is 164 Å². The summed E-state index contributed by atoms with van der Waals surface area (Å²) in [5, 5.41) is 7.23. The number of hydrogen-bond acceptors (Lipinski definition) is 2. The molecule has 0 N–H and O–H groups in total. The van der Waals surface area contributed by atoms with Crippen LogP contribution in [0.15, 0.2) is 229 Å². The topological polar surface area (TPSA) is 16.4 Å². The molecule has 0 unspecified atom stereocenters. The van der Waals surface area contributed by atoms with Gasteiger partial charge in [0.2, 0.25) is 0 Å². The van der Waals surface area contributed by atoms with E-state index >= 15 is 0 Å². The van der Waals surface area contributed by atoms with Crippen molar-refractivity contribution in [2.45, 2.75) is 0 Å². The lowest BCUT2D eigenvalue weighted by atomic mass is 9.97. The maximum absolute atomic E-state index is 6.33. The van der Waals surface area contributed by atoms with Gasteiger partial charge in [-0.3, -0.25) is 0 Å². The van der Waals surface area contributed by atoms with Crippen LogP contribution in [-0.2, 0) is 0 Å². The first-order valence-corrected chi connectivity index (χ1v) is 19.8. The molecule has 0 fully saturated rings. The van der Waals surface area contributed by atoms with E-state index in [2.05, 4.69) is 229 Å². The van der Waals surface area contributed by atoms with Gasteiger partial charge in [0.05, 0.1) is 0 Å². The number of anilines is 3. The fourth-order valence-electron chi connectivity index (χ4n) is 8.57. The molecule has 2 heteroatoms. The van der Waals surface area contributed by atoms with E-state index in [9.17, 15) is 0 Å². The molecule has 1 aromatic heterocycles. The Morgan fingerprint density at radius 2 is 0.690 bits per heavy atom. The van der Waals surface area contributed by atoms with Crippen LogP contribution in [-0.4, -0.2) is 0 Å². The van der Waals surface area contributed by atoms with Gasteiger partial charge in [-0.25, -0.2) is 0 Å². The predicted molar refractivity (Wildman–Crippen MR) is 245 cm³/mol. The van der Waals surface area contributed by atoms with E-state index in [1.165, 1.54) is 54.9 Å². The Bertz CT molecular complexity index is 3130. The first-order valence-electron chi connectivity index (χ1n) is 19.8. The van der Waals surface area contributed by atoms with Gasteiger partial charge in [0, 0.05) is 27.8 Å². The summed E-state index contributed by atoms with van der Waals surface area (Å²) in [6.45, 7) is 0. The van der Waals surface area contributed by atoms with Gasteiger partial charge < -0.3 is 9.32 Å². The van der Waals surface area contributed by atoms with Gasteiger partial charge in [0.25, 0.3) is 0 Å². The van der Waals surface area contributed by atoms with Gasteiger partial charge in [-0.2, -0.15) is 0 Å². The molecule has 272 valence electrons. The van der Waals surface area contributed by atoms with Crippen LogP contribution in [0.25, 0.3) is 88.0 Å². The molecule has 0 bridgehead atoms. The van der Waals surface area contributed by atoms with E-state index in [0.717, 1.165) is 50.1 Å². The first-order chi connectivity index (χ1) is 28.7. The van der Waals surface area contributed by atoms with Gasteiger partial charge in [0.1, 0.15) is 11.2 Å². The van der Waals surface area contributed by atoms with E-state index in [1.807, 2.05) is 0 Å². The van der Waals surface area contributed by atoms with Crippen molar-refractivity contribution in [1.82, 2.24) is 0 Å². The fourth-order valence-corrected chi connectivity index (χ4v) is 8.57. The molecule has 0 saturated heterocycles. The van der Waals surface area contributed by atoms with E-state index < -0.39 is 0 Å². The zero-order valence-electron chi connectivity index (χ0n) is 31.7. The normalized spacial score (nSPS) is 11.4. The fraction of sp³-hybridized carbons (Fsp3) is 0. The van der Waals surface area contributed by atoms with Gasteiger partial charge in [-0.15, -0.1) is 0 Å². The molecule has 0 aliphatic carbocycles. The molecule has 1 heterocycles. The van der Waals surface area contributed by atoms with E-state index in [1.54, 1.807) is 0 Å². The number of fused-ring (bicyclic) bond motifs is 5. The molecule has 0 atom stereocenters. The van der Waals surface area contributed by atoms with Crippen molar-refractivity contribution in [3.8, 4) is 44.5 Å². The molecule has 58 heavy (non-hydrogen) atoms. The van der Waals surface area contributed by atoms with E-state index in [0.29, 0.717) is 0 Å². The maximum atomic E-state index is 6.33. The van der Waals surface area contributed by atoms with Crippen molar-refractivity contribution < 1.29 is 4.42 Å². The molecule has 0 aliphatic heterocycles. The molecule has 0 amide bonds. The molecule has 2 nitrogen and oxygen atoms in total. The van der Waals surface area contributed by atoms with E-state index in [4.69, 9.17) is 4.42 Å². The third-order valence-corrected chi connectivity index (χ3v) is 11.5. The van der Waals surface area contributed by atoms with Crippen LogP contribution in [0.4, 0.5) is 17.1 Å². The molecule has 11 aromatic rings. The Labute approximate surface area is 337 Å². The number of benzene rings is 10. The summed E-state index contributed by atoms with van der Waals surface area (Å²) in [6.07, 6.45) is 0. The molecular weight excluding hydrogens is 703 g/mol. The highest BCUT2D eigenvalue weighted by atomic mass is 16.3. The van der Waals surface area contributed by atoms with Crippen molar-refractivity contribution >= 4 is 60.5 Å². The minimum absolute atomic E-state index is 0.888. The van der Waals surface area contributed by atoms with Crippen LogP contribution < -0.4 is 4.90 Å². The standard InChI is InChI=1S/C56H37NO/c1-2-11-38(12-3-1)44-27-33-55-53(36-44)54-37-45(28-34-56(54)58-55)43-17-8-18-48(35-43)57(46-29-23-41(24-30-46)51-21-9-15-39-13-4-6-19-49(39)51)47-31-25-42(26-32-47)52-22-10-16-40-14-5-7-20-50(40)52/h1-37H. The second kappa shape index (κ2) is 14.1. The second-order valence-corrected chi connectivity index (χ2v) is 14.9. The Morgan fingerprint density at radius 3 is 1.26 bits per heavy atom. The summed E-state index contributed by atoms with van der Waals surface area (Å²) in [6, 6.07) is 80.7. The number of hydrogen-bond donors (Lipinski definition) is 0. The highest BCUT2D eigenvalue weighted by Crippen LogP contribution is 2.41. The third-order valence-electron chi connectivity index (χ3n) is 11.5. The molecule has 0 saturated carbocycles. The highest BCUT2D eigenvalue weighted by molar-refractivity contribution is 6.08. The van der Waals surface area contributed by atoms with Crippen molar-refractivity contribution in [2.75, 3.05) is 4.90 Å². The number of rotatable bonds is 7. The van der Waals surface area contributed by atoms with Crippen molar-refractivity contribution in [3.05, 3.63) is 224 Å². The summed E-state index contributed by atoms with van der Waals surface area (Å²) in [5.41, 5.74) is 14.5. The lowest BCUT2D eigenvalue weighted by Crippen LogP contribution is -2.10. The van der Waals surface area contributed by atoms with Crippen LogP contribution in [0.2, 0.25) is 0 Å². The smallest absolute Gasteiger partial charge is 0.135 e. The summed E-state index contributed by atoms with van der Waals surface area (Å²) < 4.78 is 6.33. The molecular formula is C56H37NO. The van der Waals surface area contributed by atoms with Crippen LogP contribution in [0.3, 0.4) is 0 Å². The van der Waals surface area contributed by atoms with Crippen LogP contribution >= 0.6 is 0 Å². The predicted octanol–water partition coefficient (Wildman–Crippen LogP) is 16.0. The largest absolute Gasteiger partial charge is 0.456 e. The second-order valence-electron chi connectivity index (χ2n) is 14.9. The van der Waals surface area contributed by atoms with Crippen molar-refractivity contribution in [2.24, 2.45) is 0 Å². The number of furan rings is 1. The summed E-state index contributed by atoms with van der Waals surface area (Å²) in [5.74, 6) is 0. The van der Waals surface area contributed by atoms with Gasteiger partial charge >= 0.3 is 0 Å². The maximum Gasteiger partial charge on any atom is 0.135 e. The average Bonchev–Trinajstić information content (AvgIpc) is 3.67. The molecule has 0 aliphatic rings. The van der Waals surface area contributed by atoms with Crippen molar-refractivity contribution in [3.63, 3.8) is 0 Å². The Morgan fingerprint density at radius 1 is 0.259 bits per heavy atom. The molecule has 11 rings (SSSR count). The van der Waals surface area contributed by atoms with Gasteiger partial charge in [0.15, 0.2) is 0 Å². The van der Waals surface area contributed by atoms with E-state index in [-0.39, 0.29) is 0 Å². The van der Waals surface area contributed by atoms with Crippen LogP contribution in [0, 0.1) is 0 Å². The quantitative estimate of drug-likeness (QED) is 0.162. The zero-order chi connectivity index (χ0) is 38.4. The Hall–Kier alpha value is -7.68. The Kier molecular flexibility index (Phi) is 8.19. The Balaban J connectivity index is 1.01. The molecule has 0 radical (unpaired) electrons. The zero-order valence-corrected chi connectivity index (χ0v) is 31.7. The average molecular weight is 740 g/mol. The SMILES string of the molecule is c1ccc(-c2ccc3oc4ccc(-c5cccc(N(c6ccc(-c7cccc8ccccc78)cc6)c6ccc(-c7cccc8ccccc78)cc6)c5)cc4c3c2)cc1. The van der Waals surface area contributed by atoms with Crippen LogP contribution in [0.1, 0.15) is 0 Å². The minimum atomic E-state index is 0.888. The third kappa shape index (κ3) is 6.00. The van der Waals surface area contributed by atoms with Gasteiger partial charge in [-0.05, 0) is 127 Å². The summed E-state index contributed by atoms with van der Waals surface area (Å²) in [7, 11) is 0. The van der Waals surface area contributed by atoms with Crippen LogP contribution in [0.5, 0.6) is 0 Å². The van der Waals surface area contributed by atoms with Crippen molar-refractivity contribution in [1.29, 1.82) is 0 Å². The lowest BCUT2D eigenvalue weighted by molar-refractivity contribution is 0.669. The highest BCUT2D eigenvalue weighted by Gasteiger charge is 2.16. The lowest BCUT2D eigenvalue weighted by Gasteiger charge is -2.26.